The van der Waals surface area contributed by atoms with Gasteiger partial charge in [-0.05, 0) is 54.6 Å². The predicted octanol–water partition coefficient (Wildman–Crippen LogP) is 5.64. The van der Waals surface area contributed by atoms with Crippen LogP contribution in [0.4, 0.5) is 13.2 Å². The highest BCUT2D eigenvalue weighted by Gasteiger charge is 2.35. The molecule has 1 fully saturated rings. The first kappa shape index (κ1) is 19.7. The molecule has 0 radical (unpaired) electrons. The van der Waals surface area contributed by atoms with E-state index in [1.165, 1.54) is 16.0 Å². The van der Waals surface area contributed by atoms with Crippen molar-refractivity contribution in [1.29, 1.82) is 0 Å². The normalized spacial score (nSPS) is 15.3. The van der Waals surface area contributed by atoms with Gasteiger partial charge in [-0.15, -0.1) is 11.3 Å². The second-order valence-electron chi connectivity index (χ2n) is 7.05. The molecular formula is C21H20F3N3OS. The van der Waals surface area contributed by atoms with Crippen molar-refractivity contribution in [2.45, 2.75) is 31.9 Å². The molecular weight excluding hydrogens is 399 g/mol. The lowest BCUT2D eigenvalue weighted by molar-refractivity contribution is -0.141. The Kier molecular flexibility index (Phi) is 5.45. The SMILES string of the molecule is O=C(c1ccc(-n2nc(C(F)(F)F)cc2-c2cccs2)cc1)N1CCCCCC1. The van der Waals surface area contributed by atoms with Crippen LogP contribution >= 0.6 is 11.3 Å². The van der Waals surface area contributed by atoms with Crippen molar-refractivity contribution >= 4 is 17.2 Å². The Balaban J connectivity index is 1.65. The molecule has 0 atom stereocenters. The minimum atomic E-state index is -4.53. The maximum absolute atomic E-state index is 13.2. The topological polar surface area (TPSA) is 38.1 Å². The van der Waals surface area contributed by atoms with Crippen molar-refractivity contribution in [2.75, 3.05) is 13.1 Å². The Labute approximate surface area is 170 Å². The number of halogens is 3. The largest absolute Gasteiger partial charge is 0.435 e. The number of aromatic nitrogens is 2. The van der Waals surface area contributed by atoms with E-state index in [0.29, 0.717) is 21.8 Å². The number of amides is 1. The molecule has 4 nitrogen and oxygen atoms in total. The van der Waals surface area contributed by atoms with E-state index < -0.39 is 11.9 Å². The molecule has 0 saturated carbocycles. The fourth-order valence-electron chi connectivity index (χ4n) is 3.52. The van der Waals surface area contributed by atoms with Gasteiger partial charge >= 0.3 is 6.18 Å². The predicted molar refractivity (Wildman–Crippen MR) is 106 cm³/mol. The lowest BCUT2D eigenvalue weighted by atomic mass is 10.1. The minimum absolute atomic E-state index is 0.0339. The van der Waals surface area contributed by atoms with E-state index in [1.54, 1.807) is 36.4 Å². The molecule has 2 aromatic heterocycles. The average molecular weight is 419 g/mol. The van der Waals surface area contributed by atoms with Crippen LogP contribution in [-0.4, -0.2) is 33.7 Å². The fraction of sp³-hybridized carbons (Fsp3) is 0.333. The third-order valence-corrected chi connectivity index (χ3v) is 5.92. The number of alkyl halides is 3. The summed E-state index contributed by atoms with van der Waals surface area (Å²) in [6.45, 7) is 1.49. The Hall–Kier alpha value is -2.61. The molecule has 29 heavy (non-hydrogen) atoms. The Morgan fingerprint density at radius 1 is 1.00 bits per heavy atom. The van der Waals surface area contributed by atoms with Crippen LogP contribution in [0.5, 0.6) is 0 Å². The van der Waals surface area contributed by atoms with Crippen LogP contribution in [0, 0.1) is 0 Å². The molecule has 1 aliphatic rings. The van der Waals surface area contributed by atoms with Crippen molar-refractivity contribution in [3.05, 3.63) is 59.1 Å². The van der Waals surface area contributed by atoms with E-state index in [1.807, 2.05) is 10.3 Å². The van der Waals surface area contributed by atoms with Crippen LogP contribution in [0.3, 0.4) is 0 Å². The van der Waals surface area contributed by atoms with Gasteiger partial charge in [0.25, 0.3) is 5.91 Å². The molecule has 0 aliphatic carbocycles. The van der Waals surface area contributed by atoms with Crippen molar-refractivity contribution in [2.24, 2.45) is 0 Å². The van der Waals surface area contributed by atoms with Crippen molar-refractivity contribution < 1.29 is 18.0 Å². The molecule has 0 unspecified atom stereocenters. The maximum atomic E-state index is 13.2. The highest BCUT2D eigenvalue weighted by Crippen LogP contribution is 2.34. The van der Waals surface area contributed by atoms with Crippen molar-refractivity contribution in [3.63, 3.8) is 0 Å². The van der Waals surface area contributed by atoms with Crippen molar-refractivity contribution in [3.8, 4) is 16.3 Å². The number of hydrogen-bond donors (Lipinski definition) is 0. The molecule has 0 N–H and O–H groups in total. The molecule has 8 heteroatoms. The first-order chi connectivity index (χ1) is 13.9. The zero-order valence-corrected chi connectivity index (χ0v) is 16.5. The summed E-state index contributed by atoms with van der Waals surface area (Å²) in [5, 5.41) is 5.60. The molecule has 0 bridgehead atoms. The first-order valence-electron chi connectivity index (χ1n) is 9.54. The van der Waals surface area contributed by atoms with Gasteiger partial charge in [0, 0.05) is 18.7 Å². The quantitative estimate of drug-likeness (QED) is 0.551. The first-order valence-corrected chi connectivity index (χ1v) is 10.4. The summed E-state index contributed by atoms with van der Waals surface area (Å²) >= 11 is 1.35. The van der Waals surface area contributed by atoms with Gasteiger partial charge < -0.3 is 4.90 Å². The molecule has 3 aromatic rings. The molecule has 1 saturated heterocycles. The van der Waals surface area contributed by atoms with Crippen LogP contribution in [0.2, 0.25) is 0 Å². The van der Waals surface area contributed by atoms with Crippen LogP contribution in [0.15, 0.2) is 47.8 Å². The summed E-state index contributed by atoms with van der Waals surface area (Å²) in [7, 11) is 0. The van der Waals surface area contributed by atoms with Gasteiger partial charge in [-0.25, -0.2) is 4.68 Å². The zero-order valence-electron chi connectivity index (χ0n) is 15.7. The third kappa shape index (κ3) is 4.22. The summed E-state index contributed by atoms with van der Waals surface area (Å²) in [4.78, 5) is 15.3. The van der Waals surface area contributed by atoms with Crippen molar-refractivity contribution in [1.82, 2.24) is 14.7 Å². The Bertz CT molecular complexity index is 970. The highest BCUT2D eigenvalue weighted by molar-refractivity contribution is 7.13. The Morgan fingerprint density at radius 2 is 1.69 bits per heavy atom. The number of hydrogen-bond acceptors (Lipinski definition) is 3. The van der Waals surface area contributed by atoms with Gasteiger partial charge in [0.05, 0.1) is 16.3 Å². The molecule has 1 amide bonds. The number of benzene rings is 1. The summed E-state index contributed by atoms with van der Waals surface area (Å²) in [6, 6.07) is 11.2. The highest BCUT2D eigenvalue weighted by atomic mass is 32.1. The monoisotopic (exact) mass is 419 g/mol. The van der Waals surface area contributed by atoms with Gasteiger partial charge in [0.1, 0.15) is 0 Å². The smallest absolute Gasteiger partial charge is 0.339 e. The van der Waals surface area contributed by atoms with Crippen LogP contribution in [0.25, 0.3) is 16.3 Å². The van der Waals surface area contributed by atoms with Crippen LogP contribution < -0.4 is 0 Å². The number of carbonyl (C=O) groups is 1. The van der Waals surface area contributed by atoms with E-state index in [4.69, 9.17) is 0 Å². The minimum Gasteiger partial charge on any atom is -0.339 e. The third-order valence-electron chi connectivity index (χ3n) is 5.03. The van der Waals surface area contributed by atoms with E-state index >= 15 is 0 Å². The molecule has 3 heterocycles. The molecule has 4 rings (SSSR count). The molecule has 0 spiro atoms. The van der Waals surface area contributed by atoms with Gasteiger partial charge in [-0.3, -0.25) is 4.79 Å². The number of likely N-dealkylation sites (tertiary alicyclic amines) is 1. The maximum Gasteiger partial charge on any atom is 0.435 e. The molecule has 1 aromatic carbocycles. The lowest BCUT2D eigenvalue weighted by Crippen LogP contribution is -2.31. The summed E-state index contributed by atoms with van der Waals surface area (Å²) in [5.74, 6) is -0.0339. The van der Waals surface area contributed by atoms with Gasteiger partial charge in [-0.1, -0.05) is 18.9 Å². The molecule has 152 valence electrons. The standard InChI is InChI=1S/C21H20F3N3OS/c22-21(23,24)19-14-17(18-6-5-13-29-18)27(25-19)16-9-7-15(8-10-16)20(28)26-11-3-1-2-4-12-26/h5-10,13-14H,1-4,11-12H2. The number of nitrogens with zero attached hydrogens (tertiary/aromatic N) is 3. The van der Waals surface area contributed by atoms with E-state index in [2.05, 4.69) is 5.10 Å². The summed E-state index contributed by atoms with van der Waals surface area (Å²) < 4.78 is 41.0. The van der Waals surface area contributed by atoms with Gasteiger partial charge in [-0.2, -0.15) is 18.3 Å². The average Bonchev–Trinajstić information content (AvgIpc) is 3.31. The fourth-order valence-corrected chi connectivity index (χ4v) is 4.24. The van der Waals surface area contributed by atoms with E-state index in [9.17, 15) is 18.0 Å². The van der Waals surface area contributed by atoms with E-state index in [0.717, 1.165) is 44.8 Å². The summed E-state index contributed by atoms with van der Waals surface area (Å²) in [6.07, 6.45) is -0.257. The number of rotatable bonds is 3. The van der Waals surface area contributed by atoms with Crippen LogP contribution in [-0.2, 0) is 6.18 Å². The zero-order chi connectivity index (χ0) is 20.4. The second-order valence-corrected chi connectivity index (χ2v) is 8.00. The van der Waals surface area contributed by atoms with Gasteiger partial charge in [0.15, 0.2) is 5.69 Å². The van der Waals surface area contributed by atoms with Gasteiger partial charge in [0.2, 0.25) is 0 Å². The lowest BCUT2D eigenvalue weighted by Gasteiger charge is -2.20. The summed E-state index contributed by atoms with van der Waals surface area (Å²) in [5.41, 5.74) is 0.456. The Morgan fingerprint density at radius 3 is 2.28 bits per heavy atom. The number of carbonyl (C=O) groups excluding carboxylic acids is 1. The van der Waals surface area contributed by atoms with E-state index in [-0.39, 0.29) is 5.91 Å². The number of thiophene rings is 1. The molecule has 1 aliphatic heterocycles. The van der Waals surface area contributed by atoms with Crippen LogP contribution in [0.1, 0.15) is 41.7 Å². The second kappa shape index (κ2) is 8.02.